The molecule has 1 aromatic carbocycles. The van der Waals surface area contributed by atoms with Gasteiger partial charge in [-0.15, -0.1) is 6.58 Å². The Morgan fingerprint density at radius 2 is 1.89 bits per heavy atom. The SMILES string of the molecule is C=CCC/C=C(\C)CC(=O)OC1=C(/C(=C/C=C\C)CC)C(=O)c2ccccc21. The van der Waals surface area contributed by atoms with Crippen molar-refractivity contribution in [2.24, 2.45) is 0 Å². The molecule has 3 nitrogen and oxygen atoms in total. The first-order valence-electron chi connectivity index (χ1n) is 9.71. The molecule has 0 heterocycles. The van der Waals surface area contributed by atoms with Crippen LogP contribution < -0.4 is 0 Å². The van der Waals surface area contributed by atoms with Crippen molar-refractivity contribution in [3.05, 3.63) is 89.1 Å². The van der Waals surface area contributed by atoms with Gasteiger partial charge in [-0.1, -0.05) is 67.1 Å². The molecule has 0 aliphatic heterocycles. The highest BCUT2D eigenvalue weighted by molar-refractivity contribution is 6.22. The number of rotatable bonds is 9. The molecular weight excluding hydrogens is 348 g/mol. The first-order chi connectivity index (χ1) is 13.5. The third kappa shape index (κ3) is 5.07. The number of ketones is 1. The van der Waals surface area contributed by atoms with Crippen LogP contribution >= 0.6 is 0 Å². The quantitative estimate of drug-likeness (QED) is 0.218. The molecule has 1 aromatic rings. The smallest absolute Gasteiger partial charge is 0.315 e. The van der Waals surface area contributed by atoms with Crippen molar-refractivity contribution in [3.63, 3.8) is 0 Å². The van der Waals surface area contributed by atoms with E-state index in [0.717, 1.165) is 24.0 Å². The van der Waals surface area contributed by atoms with Crippen LogP contribution in [0.3, 0.4) is 0 Å². The zero-order chi connectivity index (χ0) is 20.5. The standard InChI is InChI=1S/C25H28O3/c1-5-8-10-13-18(4)17-22(26)28-25-21-16-12-11-15-20(21)24(27)23(25)19(7-3)14-9-6-2/h5-6,9,11-16H,1,7-8,10,17H2,2-4H3/b9-6-,18-13+,19-14+. The lowest BCUT2D eigenvalue weighted by atomic mass is 9.99. The van der Waals surface area contributed by atoms with Crippen LogP contribution in [0.25, 0.3) is 5.76 Å². The fraction of sp³-hybridized carbons (Fsp3) is 0.280. The van der Waals surface area contributed by atoms with Crippen molar-refractivity contribution in [1.29, 1.82) is 0 Å². The highest BCUT2D eigenvalue weighted by Gasteiger charge is 2.33. The third-order valence-electron chi connectivity index (χ3n) is 4.56. The zero-order valence-electron chi connectivity index (χ0n) is 17.0. The van der Waals surface area contributed by atoms with Gasteiger partial charge in [0, 0.05) is 11.1 Å². The van der Waals surface area contributed by atoms with E-state index in [1.165, 1.54) is 0 Å². The monoisotopic (exact) mass is 376 g/mol. The number of hydrogen-bond acceptors (Lipinski definition) is 3. The molecule has 0 saturated carbocycles. The summed E-state index contributed by atoms with van der Waals surface area (Å²) in [6, 6.07) is 7.29. The van der Waals surface area contributed by atoms with Gasteiger partial charge in [-0.05, 0) is 38.7 Å². The second-order valence-corrected chi connectivity index (χ2v) is 6.72. The first-order valence-corrected chi connectivity index (χ1v) is 9.71. The molecule has 0 radical (unpaired) electrons. The minimum atomic E-state index is -0.356. The molecular formula is C25H28O3. The van der Waals surface area contributed by atoms with Crippen molar-refractivity contribution in [1.82, 2.24) is 0 Å². The van der Waals surface area contributed by atoms with E-state index in [1.807, 2.05) is 69.4 Å². The van der Waals surface area contributed by atoms with Crippen LogP contribution in [0.1, 0.15) is 62.4 Å². The van der Waals surface area contributed by atoms with Gasteiger partial charge in [0.15, 0.2) is 5.78 Å². The number of benzene rings is 1. The van der Waals surface area contributed by atoms with Crippen molar-refractivity contribution in [2.45, 2.75) is 46.5 Å². The Hall–Kier alpha value is -2.94. The minimum absolute atomic E-state index is 0.0887. The molecule has 0 unspecified atom stereocenters. The second-order valence-electron chi connectivity index (χ2n) is 6.72. The van der Waals surface area contributed by atoms with E-state index in [9.17, 15) is 9.59 Å². The van der Waals surface area contributed by atoms with Gasteiger partial charge in [0.25, 0.3) is 0 Å². The Morgan fingerprint density at radius 1 is 1.18 bits per heavy atom. The topological polar surface area (TPSA) is 43.4 Å². The molecule has 0 amide bonds. The number of esters is 1. The molecule has 1 aliphatic rings. The van der Waals surface area contributed by atoms with Crippen LogP contribution in [0.5, 0.6) is 0 Å². The molecule has 0 aromatic heterocycles. The molecule has 2 rings (SSSR count). The summed E-state index contributed by atoms with van der Waals surface area (Å²) < 4.78 is 5.75. The van der Waals surface area contributed by atoms with Gasteiger partial charge >= 0.3 is 5.97 Å². The number of unbranched alkanes of at least 4 members (excludes halogenated alkanes) is 1. The average Bonchev–Trinajstić information content (AvgIpc) is 2.95. The van der Waals surface area contributed by atoms with E-state index in [0.29, 0.717) is 28.9 Å². The van der Waals surface area contributed by atoms with Gasteiger partial charge < -0.3 is 4.74 Å². The molecule has 1 aliphatic carbocycles. The van der Waals surface area contributed by atoms with E-state index in [4.69, 9.17) is 4.74 Å². The number of hydrogen-bond donors (Lipinski definition) is 0. The van der Waals surface area contributed by atoms with E-state index in [1.54, 1.807) is 6.07 Å². The van der Waals surface area contributed by atoms with Crippen molar-refractivity contribution >= 4 is 17.5 Å². The highest BCUT2D eigenvalue weighted by Crippen LogP contribution is 2.38. The molecule has 0 atom stereocenters. The van der Waals surface area contributed by atoms with Crippen LogP contribution in [-0.2, 0) is 9.53 Å². The predicted molar refractivity (Wildman–Crippen MR) is 115 cm³/mol. The van der Waals surface area contributed by atoms with Crippen molar-refractivity contribution < 1.29 is 14.3 Å². The lowest BCUT2D eigenvalue weighted by molar-refractivity contribution is -0.135. The maximum Gasteiger partial charge on any atom is 0.315 e. The molecule has 3 heteroatoms. The number of Topliss-reactive ketones (excluding diaryl/α,β-unsaturated/α-hetero) is 1. The van der Waals surface area contributed by atoms with Crippen molar-refractivity contribution in [3.8, 4) is 0 Å². The van der Waals surface area contributed by atoms with Gasteiger partial charge in [0.1, 0.15) is 5.76 Å². The van der Waals surface area contributed by atoms with Gasteiger partial charge in [-0.3, -0.25) is 9.59 Å². The summed E-state index contributed by atoms with van der Waals surface area (Å²) in [6.45, 7) is 9.53. The number of ether oxygens (including phenoxy) is 1. The number of fused-ring (bicyclic) bond motifs is 1. The average molecular weight is 376 g/mol. The molecule has 0 saturated heterocycles. The molecule has 0 bridgehead atoms. The van der Waals surface area contributed by atoms with Crippen LogP contribution in [0.15, 0.2) is 77.9 Å². The van der Waals surface area contributed by atoms with Crippen LogP contribution in [-0.4, -0.2) is 11.8 Å². The normalized spacial score (nSPS) is 14.6. The van der Waals surface area contributed by atoms with E-state index >= 15 is 0 Å². The maximum atomic E-state index is 13.0. The third-order valence-corrected chi connectivity index (χ3v) is 4.56. The second kappa shape index (κ2) is 10.4. The summed E-state index contributed by atoms with van der Waals surface area (Å²) in [5.74, 6) is -0.0674. The lowest BCUT2D eigenvalue weighted by Crippen LogP contribution is -2.07. The fourth-order valence-electron chi connectivity index (χ4n) is 3.14. The summed E-state index contributed by atoms with van der Waals surface area (Å²) in [6.07, 6.45) is 12.2. The summed E-state index contributed by atoms with van der Waals surface area (Å²) in [5.41, 5.74) is 3.57. The molecule has 0 N–H and O–H groups in total. The van der Waals surface area contributed by atoms with Gasteiger partial charge in [-0.2, -0.15) is 0 Å². The minimum Gasteiger partial charge on any atom is -0.425 e. The Morgan fingerprint density at radius 3 is 2.54 bits per heavy atom. The first kappa shape index (κ1) is 21.4. The van der Waals surface area contributed by atoms with Crippen LogP contribution in [0, 0.1) is 0 Å². The Labute approximate surface area is 167 Å². The Balaban J connectivity index is 2.37. The van der Waals surface area contributed by atoms with Crippen LogP contribution in [0.4, 0.5) is 0 Å². The highest BCUT2D eigenvalue weighted by atomic mass is 16.5. The summed E-state index contributed by atoms with van der Waals surface area (Å²) in [5, 5.41) is 0. The summed E-state index contributed by atoms with van der Waals surface area (Å²) in [7, 11) is 0. The van der Waals surface area contributed by atoms with Crippen molar-refractivity contribution in [2.75, 3.05) is 0 Å². The number of carbonyl (C=O) groups is 2. The molecule has 28 heavy (non-hydrogen) atoms. The molecule has 0 spiro atoms. The van der Waals surface area contributed by atoms with Gasteiger partial charge in [0.2, 0.25) is 0 Å². The van der Waals surface area contributed by atoms with Gasteiger partial charge in [0.05, 0.1) is 12.0 Å². The predicted octanol–water partition coefficient (Wildman–Crippen LogP) is 6.35. The maximum absolute atomic E-state index is 13.0. The van der Waals surface area contributed by atoms with E-state index in [-0.39, 0.29) is 18.2 Å². The summed E-state index contributed by atoms with van der Waals surface area (Å²) >= 11 is 0. The molecule has 146 valence electrons. The Bertz CT molecular complexity index is 879. The Kier molecular flexibility index (Phi) is 7.94. The van der Waals surface area contributed by atoms with Crippen LogP contribution in [0.2, 0.25) is 0 Å². The van der Waals surface area contributed by atoms with E-state index in [2.05, 4.69) is 6.58 Å². The number of allylic oxidation sites excluding steroid dienone is 7. The lowest BCUT2D eigenvalue weighted by Gasteiger charge is -2.11. The van der Waals surface area contributed by atoms with E-state index < -0.39 is 0 Å². The fourth-order valence-corrected chi connectivity index (χ4v) is 3.14. The summed E-state index contributed by atoms with van der Waals surface area (Å²) in [4.78, 5) is 25.6. The molecule has 0 fully saturated rings. The number of carbonyl (C=O) groups excluding carboxylic acids is 2. The van der Waals surface area contributed by atoms with Gasteiger partial charge in [-0.25, -0.2) is 0 Å². The largest absolute Gasteiger partial charge is 0.425 e. The zero-order valence-corrected chi connectivity index (χ0v) is 17.0.